The summed E-state index contributed by atoms with van der Waals surface area (Å²) >= 11 is 5.28. The van der Waals surface area contributed by atoms with E-state index in [2.05, 4.69) is 5.32 Å². The first-order chi connectivity index (χ1) is 8.07. The Bertz CT molecular complexity index is 410. The van der Waals surface area contributed by atoms with E-state index in [1.807, 2.05) is 0 Å². The Labute approximate surface area is 103 Å². The van der Waals surface area contributed by atoms with E-state index < -0.39 is 23.7 Å². The maximum atomic E-state index is 13.5. The Morgan fingerprint density at radius 3 is 2.59 bits per heavy atom. The molecule has 1 saturated carbocycles. The number of benzene rings is 1. The Morgan fingerprint density at radius 2 is 2.00 bits per heavy atom. The van der Waals surface area contributed by atoms with Crippen molar-refractivity contribution in [3.63, 3.8) is 0 Å². The Balaban J connectivity index is 1.99. The minimum atomic E-state index is -2.74. The third-order valence-corrected chi connectivity index (χ3v) is 3.24. The molecule has 5 heteroatoms. The van der Waals surface area contributed by atoms with Crippen molar-refractivity contribution < 1.29 is 13.6 Å². The summed E-state index contributed by atoms with van der Waals surface area (Å²) in [5.41, 5.74) is 0.614. The zero-order valence-corrected chi connectivity index (χ0v) is 9.75. The van der Waals surface area contributed by atoms with Crippen molar-refractivity contribution in [3.05, 3.63) is 35.9 Å². The van der Waals surface area contributed by atoms with Crippen LogP contribution in [-0.4, -0.2) is 24.3 Å². The summed E-state index contributed by atoms with van der Waals surface area (Å²) < 4.78 is 27.0. The minimum absolute atomic E-state index is 0.0296. The number of rotatable bonds is 4. The number of hydrogen-bond acceptors (Lipinski definition) is 1. The van der Waals surface area contributed by atoms with E-state index in [4.69, 9.17) is 11.6 Å². The van der Waals surface area contributed by atoms with E-state index >= 15 is 0 Å². The molecule has 0 heterocycles. The molecule has 2 nitrogen and oxygen atoms in total. The quantitative estimate of drug-likeness (QED) is 0.827. The van der Waals surface area contributed by atoms with Gasteiger partial charge in [0.05, 0.1) is 11.8 Å². The van der Waals surface area contributed by atoms with Gasteiger partial charge in [-0.05, 0) is 5.56 Å². The predicted octanol–water partition coefficient (Wildman–Crippen LogP) is 2.39. The fourth-order valence-electron chi connectivity index (χ4n) is 2.03. The maximum Gasteiger partial charge on any atom is 0.260 e. The lowest BCUT2D eigenvalue weighted by Crippen LogP contribution is -2.27. The van der Waals surface area contributed by atoms with E-state index in [1.54, 1.807) is 30.3 Å². The molecule has 1 amide bonds. The van der Waals surface area contributed by atoms with Gasteiger partial charge in [-0.15, -0.1) is 11.6 Å². The highest BCUT2D eigenvalue weighted by Crippen LogP contribution is 2.61. The molecule has 1 aromatic rings. The molecular weight excluding hydrogens is 248 g/mol. The monoisotopic (exact) mass is 259 g/mol. The molecule has 1 aromatic carbocycles. The van der Waals surface area contributed by atoms with Crippen molar-refractivity contribution in [1.82, 2.24) is 5.32 Å². The lowest BCUT2D eigenvalue weighted by atomic mass is 10.1. The summed E-state index contributed by atoms with van der Waals surface area (Å²) in [5.74, 6) is -4.97. The van der Waals surface area contributed by atoms with Crippen LogP contribution in [-0.2, 0) is 4.79 Å². The fraction of sp³-hybridized carbons (Fsp3) is 0.417. The smallest absolute Gasteiger partial charge is 0.260 e. The molecule has 2 rings (SSSR count). The summed E-state index contributed by atoms with van der Waals surface area (Å²) in [5, 5.41) is 2.40. The van der Waals surface area contributed by atoms with Gasteiger partial charge in [-0.25, -0.2) is 8.78 Å². The van der Waals surface area contributed by atoms with E-state index in [9.17, 15) is 13.6 Å². The molecule has 1 N–H and O–H groups in total. The minimum Gasteiger partial charge on any atom is -0.355 e. The molecule has 0 radical (unpaired) electrons. The van der Waals surface area contributed by atoms with Crippen LogP contribution in [0.2, 0.25) is 0 Å². The SMILES string of the molecule is O=C(CCl)NC[C@H]1[C@H](c2ccccc2)C1(F)F. The van der Waals surface area contributed by atoms with E-state index in [1.165, 1.54) is 0 Å². The lowest BCUT2D eigenvalue weighted by molar-refractivity contribution is -0.118. The second-order valence-corrected chi connectivity index (χ2v) is 4.37. The normalized spacial score (nSPS) is 25.4. The van der Waals surface area contributed by atoms with Gasteiger partial charge in [0.15, 0.2) is 0 Å². The van der Waals surface area contributed by atoms with Crippen LogP contribution >= 0.6 is 11.6 Å². The summed E-state index contributed by atoms with van der Waals surface area (Å²) in [4.78, 5) is 10.9. The highest BCUT2D eigenvalue weighted by Gasteiger charge is 2.68. The van der Waals surface area contributed by atoms with Gasteiger partial charge in [0, 0.05) is 6.54 Å². The molecule has 92 valence electrons. The molecule has 0 spiro atoms. The average Bonchev–Trinajstić information content (AvgIpc) is 2.89. The van der Waals surface area contributed by atoms with E-state index in [-0.39, 0.29) is 12.4 Å². The molecule has 1 fully saturated rings. The third-order valence-electron chi connectivity index (χ3n) is 3.00. The first-order valence-electron chi connectivity index (χ1n) is 5.32. The topological polar surface area (TPSA) is 29.1 Å². The lowest BCUT2D eigenvalue weighted by Gasteiger charge is -2.00. The van der Waals surface area contributed by atoms with Crippen molar-refractivity contribution in [3.8, 4) is 0 Å². The number of halogens is 3. The molecule has 0 saturated heterocycles. The van der Waals surface area contributed by atoms with Crippen molar-refractivity contribution in [2.24, 2.45) is 5.92 Å². The largest absolute Gasteiger partial charge is 0.355 e. The first kappa shape index (κ1) is 12.3. The Hall–Kier alpha value is -1.16. The number of amides is 1. The highest BCUT2D eigenvalue weighted by molar-refractivity contribution is 6.27. The second-order valence-electron chi connectivity index (χ2n) is 4.11. The fourth-order valence-corrected chi connectivity index (χ4v) is 2.12. The van der Waals surface area contributed by atoms with Gasteiger partial charge in [-0.3, -0.25) is 4.79 Å². The molecule has 0 aliphatic heterocycles. The molecule has 17 heavy (non-hydrogen) atoms. The Morgan fingerprint density at radius 1 is 1.35 bits per heavy atom. The molecule has 1 aliphatic rings. The number of carbonyl (C=O) groups excluding carboxylic acids is 1. The zero-order chi connectivity index (χ0) is 12.5. The van der Waals surface area contributed by atoms with Gasteiger partial charge in [-0.2, -0.15) is 0 Å². The molecule has 0 aromatic heterocycles. The number of hydrogen-bond donors (Lipinski definition) is 1. The van der Waals surface area contributed by atoms with Crippen LogP contribution in [0.3, 0.4) is 0 Å². The van der Waals surface area contributed by atoms with Crippen LogP contribution < -0.4 is 5.32 Å². The van der Waals surface area contributed by atoms with Crippen LogP contribution in [0.4, 0.5) is 8.78 Å². The molecule has 0 unspecified atom stereocenters. The number of nitrogens with one attached hydrogen (secondary N) is 1. The highest BCUT2D eigenvalue weighted by atomic mass is 35.5. The van der Waals surface area contributed by atoms with Gasteiger partial charge in [0.25, 0.3) is 5.92 Å². The van der Waals surface area contributed by atoms with Gasteiger partial charge in [0.2, 0.25) is 5.91 Å². The molecule has 1 aliphatic carbocycles. The van der Waals surface area contributed by atoms with Gasteiger partial charge >= 0.3 is 0 Å². The van der Waals surface area contributed by atoms with Crippen LogP contribution in [0.15, 0.2) is 30.3 Å². The zero-order valence-electron chi connectivity index (χ0n) is 9.00. The van der Waals surface area contributed by atoms with Crippen LogP contribution in [0, 0.1) is 5.92 Å². The molecule has 2 atom stereocenters. The third kappa shape index (κ3) is 2.41. The standard InChI is InChI=1S/C12H12ClF2NO/c13-6-10(17)16-7-9-11(12(9,14)15)8-4-2-1-3-5-8/h1-5,9,11H,6-7H2,(H,16,17)/t9-,11-/m0/s1. The van der Waals surface area contributed by atoms with Crippen molar-refractivity contribution in [2.45, 2.75) is 11.8 Å². The summed E-state index contributed by atoms with van der Waals surface area (Å²) in [6, 6.07) is 8.62. The van der Waals surface area contributed by atoms with E-state index in [0.717, 1.165) is 0 Å². The summed E-state index contributed by atoms with van der Waals surface area (Å²) in [7, 11) is 0. The number of carbonyl (C=O) groups is 1. The molecule has 0 bridgehead atoms. The average molecular weight is 260 g/mol. The van der Waals surface area contributed by atoms with Crippen LogP contribution in [0.25, 0.3) is 0 Å². The van der Waals surface area contributed by atoms with Crippen LogP contribution in [0.1, 0.15) is 11.5 Å². The first-order valence-corrected chi connectivity index (χ1v) is 5.86. The van der Waals surface area contributed by atoms with Gasteiger partial charge in [0.1, 0.15) is 5.88 Å². The van der Waals surface area contributed by atoms with Crippen molar-refractivity contribution in [1.29, 1.82) is 0 Å². The second kappa shape index (κ2) is 4.61. The maximum absolute atomic E-state index is 13.5. The predicted molar refractivity (Wildman–Crippen MR) is 61.3 cm³/mol. The van der Waals surface area contributed by atoms with Crippen molar-refractivity contribution >= 4 is 17.5 Å². The Kier molecular flexibility index (Phi) is 3.33. The number of alkyl halides is 3. The van der Waals surface area contributed by atoms with Crippen LogP contribution in [0.5, 0.6) is 0 Å². The molecular formula is C12H12ClF2NO. The van der Waals surface area contributed by atoms with E-state index in [0.29, 0.717) is 5.56 Å². The summed E-state index contributed by atoms with van der Waals surface area (Å²) in [6.07, 6.45) is 0. The van der Waals surface area contributed by atoms with Crippen molar-refractivity contribution in [2.75, 3.05) is 12.4 Å². The van der Waals surface area contributed by atoms with Gasteiger partial charge < -0.3 is 5.32 Å². The summed E-state index contributed by atoms with van der Waals surface area (Å²) in [6.45, 7) is -0.0296. The van der Waals surface area contributed by atoms with Gasteiger partial charge in [-0.1, -0.05) is 30.3 Å².